The van der Waals surface area contributed by atoms with E-state index in [0.29, 0.717) is 35.7 Å². The van der Waals surface area contributed by atoms with Gasteiger partial charge < -0.3 is 10.7 Å². The number of hydrogen-bond donors (Lipinski definition) is 2. The molecule has 7 nitrogen and oxygen atoms in total. The number of nitrogen functional groups attached to an aromatic ring is 1. The Hall–Kier alpha value is -2.80. The molecule has 3 N–H and O–H groups in total. The molecule has 0 amide bonds. The Balaban J connectivity index is 1.79. The van der Waals surface area contributed by atoms with E-state index in [1.54, 1.807) is 6.20 Å². The Morgan fingerprint density at radius 2 is 1.97 bits per heavy atom. The molecule has 0 saturated carbocycles. The Morgan fingerprint density at radius 3 is 2.69 bits per heavy atom. The minimum atomic E-state index is -0.191. The normalized spacial score (nSPS) is 20.5. The summed E-state index contributed by atoms with van der Waals surface area (Å²) in [6.07, 6.45) is 10.6. The van der Waals surface area contributed by atoms with Gasteiger partial charge in [-0.2, -0.15) is 0 Å². The first-order valence-electron chi connectivity index (χ1n) is 11.8. The third kappa shape index (κ3) is 4.67. The van der Waals surface area contributed by atoms with E-state index in [1.807, 2.05) is 12.1 Å². The maximum absolute atomic E-state index is 12.8. The quantitative estimate of drug-likeness (QED) is 0.572. The molecule has 1 aromatic carbocycles. The van der Waals surface area contributed by atoms with Gasteiger partial charge in [0.05, 0.1) is 22.9 Å². The van der Waals surface area contributed by atoms with E-state index in [1.165, 1.54) is 31.0 Å². The van der Waals surface area contributed by atoms with Crippen molar-refractivity contribution in [3.63, 3.8) is 0 Å². The first-order chi connectivity index (χ1) is 15.5. The van der Waals surface area contributed by atoms with Gasteiger partial charge in [0, 0.05) is 30.7 Å². The van der Waals surface area contributed by atoms with E-state index in [0.717, 1.165) is 30.3 Å². The molecule has 32 heavy (non-hydrogen) atoms. The summed E-state index contributed by atoms with van der Waals surface area (Å²) in [5.74, 6) is 0.341. The molecule has 0 bridgehead atoms. The SMILES string of the molecule is CCCCC(c1cccc2[nH]c(=O)c(Cc3cncc(N)n3)nc12)N1C(C)CCCC1C. The zero-order valence-corrected chi connectivity index (χ0v) is 19.3. The minimum Gasteiger partial charge on any atom is -0.382 e. The van der Waals surface area contributed by atoms with Crippen molar-refractivity contribution in [3.8, 4) is 0 Å². The molecule has 2 aromatic heterocycles. The van der Waals surface area contributed by atoms with Gasteiger partial charge in [0.15, 0.2) is 0 Å². The highest BCUT2D eigenvalue weighted by molar-refractivity contribution is 5.78. The van der Waals surface area contributed by atoms with E-state index >= 15 is 0 Å². The van der Waals surface area contributed by atoms with E-state index in [4.69, 9.17) is 10.7 Å². The van der Waals surface area contributed by atoms with Crippen LogP contribution in [0.3, 0.4) is 0 Å². The van der Waals surface area contributed by atoms with Gasteiger partial charge in [0.2, 0.25) is 0 Å². The average Bonchev–Trinajstić information content (AvgIpc) is 2.76. The molecule has 1 fully saturated rings. The molecule has 3 aromatic rings. The Morgan fingerprint density at radius 1 is 1.19 bits per heavy atom. The lowest BCUT2D eigenvalue weighted by Gasteiger charge is -2.44. The van der Waals surface area contributed by atoms with E-state index in [9.17, 15) is 4.79 Å². The first-order valence-corrected chi connectivity index (χ1v) is 11.8. The molecule has 3 heterocycles. The van der Waals surface area contributed by atoms with Gasteiger partial charge in [-0.25, -0.2) is 9.97 Å². The number of fused-ring (bicyclic) bond motifs is 1. The zero-order chi connectivity index (χ0) is 22.7. The highest BCUT2D eigenvalue weighted by atomic mass is 16.1. The second kappa shape index (κ2) is 9.77. The van der Waals surface area contributed by atoms with E-state index < -0.39 is 0 Å². The summed E-state index contributed by atoms with van der Waals surface area (Å²) in [7, 11) is 0. The first kappa shape index (κ1) is 22.4. The van der Waals surface area contributed by atoms with Crippen LogP contribution in [-0.2, 0) is 6.42 Å². The lowest BCUT2D eigenvalue weighted by molar-refractivity contribution is 0.0495. The van der Waals surface area contributed by atoms with E-state index in [-0.39, 0.29) is 11.6 Å². The predicted molar refractivity (Wildman–Crippen MR) is 128 cm³/mol. The van der Waals surface area contributed by atoms with Crippen molar-refractivity contribution in [1.82, 2.24) is 24.8 Å². The third-order valence-corrected chi connectivity index (χ3v) is 6.69. The van der Waals surface area contributed by atoms with Gasteiger partial charge in [-0.05, 0) is 44.7 Å². The minimum absolute atomic E-state index is 0.191. The van der Waals surface area contributed by atoms with Crippen molar-refractivity contribution in [2.45, 2.75) is 83.8 Å². The number of anilines is 1. The van der Waals surface area contributed by atoms with Crippen LogP contribution in [0.5, 0.6) is 0 Å². The summed E-state index contributed by atoms with van der Waals surface area (Å²) in [6, 6.07) is 7.50. The fourth-order valence-corrected chi connectivity index (χ4v) is 5.15. The fraction of sp³-hybridized carbons (Fsp3) is 0.520. The second-order valence-electron chi connectivity index (χ2n) is 9.10. The van der Waals surface area contributed by atoms with Crippen LogP contribution in [0, 0.1) is 0 Å². The molecule has 0 spiro atoms. The Labute approximate surface area is 189 Å². The molecule has 4 rings (SSSR count). The van der Waals surface area contributed by atoms with Crippen molar-refractivity contribution >= 4 is 16.9 Å². The molecule has 1 aliphatic heterocycles. The smallest absolute Gasteiger partial charge is 0.270 e. The largest absolute Gasteiger partial charge is 0.382 e. The van der Waals surface area contributed by atoms with Crippen molar-refractivity contribution in [2.24, 2.45) is 0 Å². The maximum Gasteiger partial charge on any atom is 0.270 e. The molecule has 0 radical (unpaired) electrons. The van der Waals surface area contributed by atoms with Crippen LogP contribution in [-0.4, -0.2) is 36.9 Å². The average molecular weight is 435 g/mol. The number of likely N-dealkylation sites (tertiary alicyclic amines) is 1. The standard InChI is InChI=1S/C25H34N6O/c1-4-5-12-22(31-16(2)8-6-9-17(31)3)19-10-7-11-20-24(19)29-21(25(32)30-20)13-18-14-27-15-23(26)28-18/h7,10-11,14-17,22H,4-6,8-9,12-13H2,1-3H3,(H2,26,28)(H,30,32). The number of nitrogens with zero attached hydrogens (tertiary/aromatic N) is 4. The number of unbranched alkanes of at least 4 members (excludes halogenated alkanes) is 1. The predicted octanol–water partition coefficient (Wildman–Crippen LogP) is 4.38. The maximum atomic E-state index is 12.8. The van der Waals surface area contributed by atoms with Gasteiger partial charge >= 0.3 is 0 Å². The molecular weight excluding hydrogens is 400 g/mol. The lowest BCUT2D eigenvalue weighted by atomic mass is 9.89. The summed E-state index contributed by atoms with van der Waals surface area (Å²) < 4.78 is 0. The number of benzene rings is 1. The number of hydrogen-bond acceptors (Lipinski definition) is 6. The summed E-state index contributed by atoms with van der Waals surface area (Å²) in [5, 5.41) is 0. The van der Waals surface area contributed by atoms with Crippen molar-refractivity contribution in [1.29, 1.82) is 0 Å². The van der Waals surface area contributed by atoms with Crippen LogP contribution < -0.4 is 11.3 Å². The van der Waals surface area contributed by atoms with Crippen LogP contribution >= 0.6 is 0 Å². The van der Waals surface area contributed by atoms with Gasteiger partial charge in [0.25, 0.3) is 5.56 Å². The molecule has 1 saturated heterocycles. The van der Waals surface area contributed by atoms with Gasteiger partial charge in [-0.3, -0.25) is 14.7 Å². The van der Waals surface area contributed by atoms with Gasteiger partial charge in [-0.1, -0.05) is 38.3 Å². The molecule has 7 heteroatoms. The summed E-state index contributed by atoms with van der Waals surface area (Å²) in [5.41, 5.74) is 9.53. The molecule has 1 aliphatic rings. The number of aromatic nitrogens is 4. The number of para-hydroxylation sites is 1. The summed E-state index contributed by atoms with van der Waals surface area (Å²) in [4.78, 5) is 31.8. The van der Waals surface area contributed by atoms with Crippen LogP contribution in [0.15, 0.2) is 35.4 Å². The zero-order valence-electron chi connectivity index (χ0n) is 19.3. The van der Waals surface area contributed by atoms with E-state index in [2.05, 4.69) is 46.7 Å². The van der Waals surface area contributed by atoms with Gasteiger partial charge in [0.1, 0.15) is 11.5 Å². The summed E-state index contributed by atoms with van der Waals surface area (Å²) in [6.45, 7) is 6.93. The molecule has 3 atom stereocenters. The Kier molecular flexibility index (Phi) is 6.84. The molecular formula is C25H34N6O. The molecule has 170 valence electrons. The van der Waals surface area contributed by atoms with Crippen LogP contribution in [0.1, 0.15) is 82.3 Å². The van der Waals surface area contributed by atoms with Gasteiger partial charge in [-0.15, -0.1) is 0 Å². The number of H-pyrrole nitrogens is 1. The number of rotatable bonds is 7. The molecule has 0 aliphatic carbocycles. The van der Waals surface area contributed by atoms with Crippen LogP contribution in [0.2, 0.25) is 0 Å². The topological polar surface area (TPSA) is 101 Å². The molecule has 3 unspecified atom stereocenters. The van der Waals surface area contributed by atoms with Crippen molar-refractivity contribution < 1.29 is 0 Å². The summed E-state index contributed by atoms with van der Waals surface area (Å²) >= 11 is 0. The highest BCUT2D eigenvalue weighted by Crippen LogP contribution is 2.37. The Bertz CT molecular complexity index is 1120. The lowest BCUT2D eigenvalue weighted by Crippen LogP contribution is -2.46. The van der Waals surface area contributed by atoms with Crippen molar-refractivity contribution in [3.05, 3.63) is 57.9 Å². The second-order valence-corrected chi connectivity index (χ2v) is 9.10. The van der Waals surface area contributed by atoms with Crippen molar-refractivity contribution in [2.75, 3.05) is 5.73 Å². The highest BCUT2D eigenvalue weighted by Gasteiger charge is 2.32. The monoisotopic (exact) mass is 434 g/mol. The third-order valence-electron chi connectivity index (χ3n) is 6.69. The number of nitrogens with two attached hydrogens (primary N) is 1. The number of aromatic amines is 1. The van der Waals surface area contributed by atoms with Crippen LogP contribution in [0.25, 0.3) is 11.0 Å². The van der Waals surface area contributed by atoms with Crippen LogP contribution in [0.4, 0.5) is 5.82 Å². The fourth-order valence-electron chi connectivity index (χ4n) is 5.15. The number of piperidine rings is 1. The number of nitrogens with one attached hydrogen (secondary N) is 1.